The van der Waals surface area contributed by atoms with Crippen LogP contribution in [-0.4, -0.2) is 46.9 Å². The molecule has 9 heteroatoms. The molecule has 1 aliphatic heterocycles. The SMILES string of the molecule is Cc1cc(C)n(-c2ccc(=O)n(CC3CN(Cc4cn5ccsc5n4)C3)n2)n1. The standard InChI is InChI=1S/C19H21N7OS/c1-13-7-14(2)26(21-13)17-3-4-18(27)25(22-17)10-15-8-23(9-15)11-16-12-24-5-6-28-19(24)20-16/h3-7,12,15H,8-11H2,1-2H3. The molecule has 5 rings (SSSR count). The second-order valence-electron chi connectivity index (χ2n) is 7.44. The summed E-state index contributed by atoms with van der Waals surface area (Å²) >= 11 is 1.65. The van der Waals surface area contributed by atoms with Gasteiger partial charge in [0.15, 0.2) is 10.8 Å². The van der Waals surface area contributed by atoms with Gasteiger partial charge in [-0.05, 0) is 26.0 Å². The third kappa shape index (κ3) is 3.16. The molecule has 1 aliphatic rings. The maximum absolute atomic E-state index is 12.3. The Hall–Kier alpha value is -2.78. The highest BCUT2D eigenvalue weighted by Gasteiger charge is 2.28. The van der Waals surface area contributed by atoms with E-state index in [-0.39, 0.29) is 5.56 Å². The van der Waals surface area contributed by atoms with Gasteiger partial charge in [-0.1, -0.05) is 0 Å². The number of hydrogen-bond acceptors (Lipinski definition) is 6. The maximum Gasteiger partial charge on any atom is 0.266 e. The maximum atomic E-state index is 12.3. The fourth-order valence-electron chi connectivity index (χ4n) is 3.79. The molecule has 4 aromatic heterocycles. The van der Waals surface area contributed by atoms with Gasteiger partial charge in [-0.25, -0.2) is 14.3 Å². The first-order chi connectivity index (χ1) is 13.5. The van der Waals surface area contributed by atoms with Crippen LogP contribution in [0, 0.1) is 19.8 Å². The van der Waals surface area contributed by atoms with Gasteiger partial charge in [0.05, 0.1) is 17.9 Å². The predicted molar refractivity (Wildman–Crippen MR) is 107 cm³/mol. The molecule has 4 aromatic rings. The molecule has 28 heavy (non-hydrogen) atoms. The van der Waals surface area contributed by atoms with Crippen LogP contribution in [-0.2, 0) is 13.1 Å². The zero-order valence-corrected chi connectivity index (χ0v) is 16.6. The van der Waals surface area contributed by atoms with E-state index in [0.29, 0.717) is 18.3 Å². The van der Waals surface area contributed by atoms with Crippen LogP contribution in [0.25, 0.3) is 10.8 Å². The lowest BCUT2D eigenvalue weighted by Gasteiger charge is -2.38. The van der Waals surface area contributed by atoms with E-state index in [1.54, 1.807) is 32.8 Å². The Labute approximate surface area is 165 Å². The third-order valence-corrected chi connectivity index (χ3v) is 5.84. The summed E-state index contributed by atoms with van der Waals surface area (Å²) < 4.78 is 5.41. The summed E-state index contributed by atoms with van der Waals surface area (Å²) in [5, 5.41) is 11.0. The lowest BCUT2D eigenvalue weighted by Crippen LogP contribution is -2.49. The van der Waals surface area contributed by atoms with E-state index in [4.69, 9.17) is 0 Å². The smallest absolute Gasteiger partial charge is 0.266 e. The van der Waals surface area contributed by atoms with Gasteiger partial charge in [0, 0.05) is 55.1 Å². The molecule has 0 atom stereocenters. The van der Waals surface area contributed by atoms with Gasteiger partial charge < -0.3 is 0 Å². The van der Waals surface area contributed by atoms with Crippen LogP contribution in [0.1, 0.15) is 17.1 Å². The van der Waals surface area contributed by atoms with E-state index in [1.165, 1.54) is 0 Å². The Kier molecular flexibility index (Phi) is 4.13. The number of thiazole rings is 1. The number of imidazole rings is 1. The number of aromatic nitrogens is 6. The summed E-state index contributed by atoms with van der Waals surface area (Å²) in [5.74, 6) is 1.10. The monoisotopic (exact) mass is 395 g/mol. The molecule has 0 spiro atoms. The molecule has 0 saturated carbocycles. The van der Waals surface area contributed by atoms with Crippen molar-refractivity contribution in [2.45, 2.75) is 26.9 Å². The first-order valence-electron chi connectivity index (χ1n) is 9.30. The zero-order chi connectivity index (χ0) is 19.3. The Morgan fingerprint density at radius 3 is 2.82 bits per heavy atom. The quantitative estimate of drug-likeness (QED) is 0.516. The zero-order valence-electron chi connectivity index (χ0n) is 15.8. The van der Waals surface area contributed by atoms with Crippen LogP contribution in [0.4, 0.5) is 0 Å². The molecule has 0 unspecified atom stereocenters. The average Bonchev–Trinajstić information content (AvgIpc) is 3.29. The summed E-state index contributed by atoms with van der Waals surface area (Å²) in [6, 6.07) is 5.31. The summed E-state index contributed by atoms with van der Waals surface area (Å²) in [5.41, 5.74) is 2.96. The largest absolute Gasteiger partial charge is 0.297 e. The Morgan fingerprint density at radius 2 is 2.07 bits per heavy atom. The van der Waals surface area contributed by atoms with Crippen molar-refractivity contribution in [2.24, 2.45) is 5.92 Å². The van der Waals surface area contributed by atoms with Crippen LogP contribution in [0.5, 0.6) is 0 Å². The normalized spacial score (nSPS) is 15.4. The number of fused-ring (bicyclic) bond motifs is 1. The van der Waals surface area contributed by atoms with Crippen LogP contribution in [0.2, 0.25) is 0 Å². The number of likely N-dealkylation sites (tertiary alicyclic amines) is 1. The molecule has 0 bridgehead atoms. The van der Waals surface area contributed by atoms with E-state index in [9.17, 15) is 4.79 Å². The van der Waals surface area contributed by atoms with E-state index in [0.717, 1.165) is 41.7 Å². The van der Waals surface area contributed by atoms with E-state index >= 15 is 0 Å². The number of rotatable bonds is 5. The molecule has 0 amide bonds. The average molecular weight is 395 g/mol. The molecule has 5 heterocycles. The van der Waals surface area contributed by atoms with Gasteiger partial charge in [-0.3, -0.25) is 14.1 Å². The van der Waals surface area contributed by atoms with E-state index in [1.807, 2.05) is 31.5 Å². The second-order valence-corrected chi connectivity index (χ2v) is 8.31. The fraction of sp³-hybridized carbons (Fsp3) is 0.368. The van der Waals surface area contributed by atoms with Crippen LogP contribution < -0.4 is 5.56 Å². The van der Waals surface area contributed by atoms with Gasteiger partial charge >= 0.3 is 0 Å². The summed E-state index contributed by atoms with van der Waals surface area (Å²) in [7, 11) is 0. The Morgan fingerprint density at radius 1 is 1.21 bits per heavy atom. The minimum Gasteiger partial charge on any atom is -0.297 e. The summed E-state index contributed by atoms with van der Waals surface area (Å²) in [4.78, 5) is 20.3. The predicted octanol–water partition coefficient (Wildman–Crippen LogP) is 1.89. The highest BCUT2D eigenvalue weighted by molar-refractivity contribution is 7.15. The molecular weight excluding hydrogens is 374 g/mol. The molecule has 0 radical (unpaired) electrons. The molecule has 0 aliphatic carbocycles. The molecule has 0 N–H and O–H groups in total. The van der Waals surface area contributed by atoms with Crippen molar-refractivity contribution in [3.63, 3.8) is 0 Å². The highest BCUT2D eigenvalue weighted by atomic mass is 32.1. The minimum atomic E-state index is -0.0712. The number of aryl methyl sites for hydroxylation is 2. The Balaban J connectivity index is 1.24. The van der Waals surface area contributed by atoms with E-state index in [2.05, 4.69) is 30.7 Å². The number of hydrogen-bond donors (Lipinski definition) is 0. The van der Waals surface area contributed by atoms with Crippen molar-refractivity contribution < 1.29 is 0 Å². The van der Waals surface area contributed by atoms with Crippen molar-refractivity contribution in [2.75, 3.05) is 13.1 Å². The lowest BCUT2D eigenvalue weighted by molar-refractivity contribution is 0.0755. The molecule has 8 nitrogen and oxygen atoms in total. The first-order valence-corrected chi connectivity index (χ1v) is 10.2. The van der Waals surface area contributed by atoms with Crippen molar-refractivity contribution in [1.29, 1.82) is 0 Å². The third-order valence-electron chi connectivity index (χ3n) is 5.07. The van der Waals surface area contributed by atoms with Crippen LogP contribution in [0.15, 0.2) is 40.8 Å². The molecule has 144 valence electrons. The van der Waals surface area contributed by atoms with Gasteiger partial charge in [-0.15, -0.1) is 16.4 Å². The second kappa shape index (κ2) is 6.68. The van der Waals surface area contributed by atoms with Gasteiger partial charge in [0.2, 0.25) is 0 Å². The van der Waals surface area contributed by atoms with Crippen LogP contribution in [0.3, 0.4) is 0 Å². The summed E-state index contributed by atoms with van der Waals surface area (Å²) in [6.07, 6.45) is 4.12. The summed E-state index contributed by atoms with van der Waals surface area (Å²) in [6.45, 7) is 7.31. The van der Waals surface area contributed by atoms with E-state index < -0.39 is 0 Å². The highest BCUT2D eigenvalue weighted by Crippen LogP contribution is 2.21. The Bertz CT molecular complexity index is 1170. The van der Waals surface area contributed by atoms with Crippen molar-refractivity contribution >= 4 is 16.3 Å². The molecular formula is C19H21N7OS. The fourth-order valence-corrected chi connectivity index (χ4v) is 4.51. The first kappa shape index (κ1) is 17.3. The van der Waals surface area contributed by atoms with Gasteiger partial charge in [0.25, 0.3) is 5.56 Å². The number of nitrogens with zero attached hydrogens (tertiary/aromatic N) is 7. The van der Waals surface area contributed by atoms with Crippen molar-refractivity contribution in [1.82, 2.24) is 33.8 Å². The topological polar surface area (TPSA) is 73.2 Å². The molecule has 1 fully saturated rings. The van der Waals surface area contributed by atoms with Crippen molar-refractivity contribution in [3.8, 4) is 5.82 Å². The molecule has 0 aromatic carbocycles. The lowest BCUT2D eigenvalue weighted by atomic mass is 10.00. The minimum absolute atomic E-state index is 0.0712. The van der Waals surface area contributed by atoms with Gasteiger partial charge in [-0.2, -0.15) is 5.10 Å². The van der Waals surface area contributed by atoms with Crippen molar-refractivity contribution in [3.05, 3.63) is 63.4 Å². The van der Waals surface area contributed by atoms with Gasteiger partial charge in [0.1, 0.15) is 0 Å². The van der Waals surface area contributed by atoms with Crippen LogP contribution >= 0.6 is 11.3 Å². The molecule has 1 saturated heterocycles.